The number of halogens is 2. The van der Waals surface area contributed by atoms with E-state index in [9.17, 15) is 4.79 Å². The number of hydrogen-bond donors (Lipinski definition) is 0. The zero-order valence-electron chi connectivity index (χ0n) is 9.46. The van der Waals surface area contributed by atoms with E-state index in [1.54, 1.807) is 18.2 Å². The number of rotatable bonds is 4. The van der Waals surface area contributed by atoms with Crippen LogP contribution in [0.25, 0.3) is 0 Å². The van der Waals surface area contributed by atoms with Crippen LogP contribution in [0.4, 0.5) is 0 Å². The van der Waals surface area contributed by atoms with Crippen LogP contribution in [-0.2, 0) is 4.74 Å². The highest BCUT2D eigenvalue weighted by Gasteiger charge is 2.24. The molecule has 0 heterocycles. The molecule has 0 fully saturated rings. The molecule has 1 atom stereocenters. The second-order valence-corrected chi connectivity index (χ2v) is 4.73. The smallest absolute Gasteiger partial charge is 0.193 e. The standard InChI is InChI=1S/C12H14Cl2O2/c1-7(2)12(16-3)11(15)9-6-8(13)4-5-10(9)14/h4-7,12H,1-3H3. The number of hydrogen-bond acceptors (Lipinski definition) is 2. The summed E-state index contributed by atoms with van der Waals surface area (Å²) in [5.41, 5.74) is 0.412. The van der Waals surface area contributed by atoms with Crippen LogP contribution in [0.1, 0.15) is 24.2 Å². The molecule has 0 aromatic heterocycles. The number of carbonyl (C=O) groups excluding carboxylic acids is 1. The van der Waals surface area contributed by atoms with Gasteiger partial charge in [0.25, 0.3) is 0 Å². The Morgan fingerprint density at radius 3 is 2.44 bits per heavy atom. The number of Topliss-reactive ketones (excluding diaryl/α,β-unsaturated/α-hetero) is 1. The van der Waals surface area contributed by atoms with E-state index in [4.69, 9.17) is 27.9 Å². The lowest BCUT2D eigenvalue weighted by molar-refractivity contribution is 0.0459. The van der Waals surface area contributed by atoms with Crippen LogP contribution in [0, 0.1) is 5.92 Å². The predicted molar refractivity (Wildman–Crippen MR) is 66.4 cm³/mol. The zero-order chi connectivity index (χ0) is 12.3. The maximum Gasteiger partial charge on any atom is 0.193 e. The van der Waals surface area contributed by atoms with Crippen LogP contribution in [0.2, 0.25) is 10.0 Å². The minimum Gasteiger partial charge on any atom is -0.373 e. The van der Waals surface area contributed by atoms with Gasteiger partial charge >= 0.3 is 0 Å². The van der Waals surface area contributed by atoms with Crippen molar-refractivity contribution < 1.29 is 9.53 Å². The third-order valence-corrected chi connectivity index (χ3v) is 2.88. The molecule has 0 bridgehead atoms. The fourth-order valence-electron chi connectivity index (χ4n) is 1.52. The van der Waals surface area contributed by atoms with Crippen LogP contribution in [0.5, 0.6) is 0 Å². The van der Waals surface area contributed by atoms with Crippen molar-refractivity contribution in [1.29, 1.82) is 0 Å². The Morgan fingerprint density at radius 2 is 1.94 bits per heavy atom. The molecule has 2 nitrogen and oxygen atoms in total. The molecule has 0 N–H and O–H groups in total. The number of ether oxygens (including phenoxy) is 1. The molecule has 16 heavy (non-hydrogen) atoms. The van der Waals surface area contributed by atoms with Crippen molar-refractivity contribution in [1.82, 2.24) is 0 Å². The van der Waals surface area contributed by atoms with E-state index in [0.717, 1.165) is 0 Å². The molecule has 1 rings (SSSR count). The first-order valence-corrected chi connectivity index (χ1v) is 5.75. The van der Waals surface area contributed by atoms with Gasteiger partial charge in [-0.05, 0) is 24.1 Å². The Bertz CT molecular complexity index is 389. The molecular weight excluding hydrogens is 247 g/mol. The molecule has 0 aliphatic heterocycles. The Kier molecular flexibility index (Phi) is 4.78. The summed E-state index contributed by atoms with van der Waals surface area (Å²) in [6.07, 6.45) is -0.490. The minimum atomic E-state index is -0.490. The van der Waals surface area contributed by atoms with Crippen LogP contribution in [0.15, 0.2) is 18.2 Å². The summed E-state index contributed by atoms with van der Waals surface area (Å²) in [5.74, 6) is -0.0439. The maximum atomic E-state index is 12.1. The number of methoxy groups -OCH3 is 1. The van der Waals surface area contributed by atoms with Gasteiger partial charge in [0.15, 0.2) is 5.78 Å². The van der Waals surface area contributed by atoms with E-state index in [1.807, 2.05) is 13.8 Å². The molecule has 0 radical (unpaired) electrons. The van der Waals surface area contributed by atoms with Crippen molar-refractivity contribution in [2.24, 2.45) is 5.92 Å². The molecular formula is C12H14Cl2O2. The van der Waals surface area contributed by atoms with Crippen molar-refractivity contribution in [3.05, 3.63) is 33.8 Å². The maximum absolute atomic E-state index is 12.1. The lowest BCUT2D eigenvalue weighted by Gasteiger charge is -2.18. The summed E-state index contributed by atoms with van der Waals surface area (Å²) in [5, 5.41) is 0.892. The summed E-state index contributed by atoms with van der Waals surface area (Å²) in [7, 11) is 1.51. The fourth-order valence-corrected chi connectivity index (χ4v) is 1.90. The molecule has 1 aromatic carbocycles. The van der Waals surface area contributed by atoms with Gasteiger partial charge in [0.05, 0.1) is 5.02 Å². The first kappa shape index (κ1) is 13.5. The summed E-state index contributed by atoms with van der Waals surface area (Å²) in [6.45, 7) is 3.84. The minimum absolute atomic E-state index is 0.0903. The van der Waals surface area contributed by atoms with Crippen molar-refractivity contribution in [3.63, 3.8) is 0 Å². The summed E-state index contributed by atoms with van der Waals surface area (Å²) >= 11 is 11.8. The van der Waals surface area contributed by atoms with Crippen LogP contribution in [0.3, 0.4) is 0 Å². The zero-order valence-corrected chi connectivity index (χ0v) is 11.0. The van der Waals surface area contributed by atoms with Gasteiger partial charge in [0.1, 0.15) is 6.10 Å². The van der Waals surface area contributed by atoms with E-state index in [2.05, 4.69) is 0 Å². The van der Waals surface area contributed by atoms with Gasteiger partial charge in [-0.25, -0.2) is 0 Å². The highest BCUT2D eigenvalue weighted by atomic mass is 35.5. The second kappa shape index (κ2) is 5.67. The first-order chi connectivity index (χ1) is 7.47. The molecule has 4 heteroatoms. The van der Waals surface area contributed by atoms with Crippen LogP contribution in [-0.4, -0.2) is 19.0 Å². The highest BCUT2D eigenvalue weighted by molar-refractivity contribution is 6.36. The quantitative estimate of drug-likeness (QED) is 0.769. The number of benzene rings is 1. The molecule has 0 aliphatic carbocycles. The second-order valence-electron chi connectivity index (χ2n) is 3.89. The molecule has 88 valence electrons. The van der Waals surface area contributed by atoms with E-state index in [-0.39, 0.29) is 11.7 Å². The van der Waals surface area contributed by atoms with Crippen molar-refractivity contribution in [2.75, 3.05) is 7.11 Å². The lowest BCUT2D eigenvalue weighted by Crippen LogP contribution is -2.28. The van der Waals surface area contributed by atoms with Crippen LogP contribution >= 0.6 is 23.2 Å². The number of carbonyl (C=O) groups is 1. The van der Waals surface area contributed by atoms with Gasteiger partial charge in [-0.1, -0.05) is 37.0 Å². The monoisotopic (exact) mass is 260 g/mol. The van der Waals surface area contributed by atoms with Gasteiger partial charge in [0, 0.05) is 17.7 Å². The van der Waals surface area contributed by atoms with E-state index in [1.165, 1.54) is 7.11 Å². The average Bonchev–Trinajstić information content (AvgIpc) is 2.22. The van der Waals surface area contributed by atoms with Gasteiger partial charge in [-0.3, -0.25) is 4.79 Å². The Labute approximate surface area is 106 Å². The topological polar surface area (TPSA) is 26.3 Å². The van der Waals surface area contributed by atoms with Crippen LogP contribution < -0.4 is 0 Å². The van der Waals surface area contributed by atoms with Crippen molar-refractivity contribution >= 4 is 29.0 Å². The third kappa shape index (κ3) is 2.97. The summed E-state index contributed by atoms with van der Waals surface area (Å²) < 4.78 is 5.17. The van der Waals surface area contributed by atoms with Gasteiger partial charge < -0.3 is 4.74 Å². The van der Waals surface area contributed by atoms with Crippen molar-refractivity contribution in [2.45, 2.75) is 20.0 Å². The molecule has 0 saturated carbocycles. The average molecular weight is 261 g/mol. The summed E-state index contributed by atoms with van der Waals surface area (Å²) in [4.78, 5) is 12.1. The van der Waals surface area contributed by atoms with Gasteiger partial charge in [-0.2, -0.15) is 0 Å². The Balaban J connectivity index is 3.08. The largest absolute Gasteiger partial charge is 0.373 e. The summed E-state index contributed by atoms with van der Waals surface area (Å²) in [6, 6.07) is 4.84. The van der Waals surface area contributed by atoms with E-state index < -0.39 is 6.10 Å². The SMILES string of the molecule is COC(C(=O)c1cc(Cl)ccc1Cl)C(C)C. The Hall–Kier alpha value is -0.570. The molecule has 1 unspecified atom stereocenters. The predicted octanol–water partition coefficient (Wildman–Crippen LogP) is 3.85. The third-order valence-electron chi connectivity index (χ3n) is 2.31. The fraction of sp³-hybridized carbons (Fsp3) is 0.417. The molecule has 0 spiro atoms. The molecule has 1 aromatic rings. The normalized spacial score (nSPS) is 12.9. The molecule has 0 amide bonds. The Morgan fingerprint density at radius 1 is 1.31 bits per heavy atom. The number of ketones is 1. The molecule has 0 aliphatic rings. The van der Waals surface area contributed by atoms with E-state index >= 15 is 0 Å². The first-order valence-electron chi connectivity index (χ1n) is 4.99. The molecule has 0 saturated heterocycles. The lowest BCUT2D eigenvalue weighted by atomic mass is 9.97. The van der Waals surface area contributed by atoms with Gasteiger partial charge in [0.2, 0.25) is 0 Å². The highest BCUT2D eigenvalue weighted by Crippen LogP contribution is 2.24. The van der Waals surface area contributed by atoms with Gasteiger partial charge in [-0.15, -0.1) is 0 Å². The van der Waals surface area contributed by atoms with Crippen molar-refractivity contribution in [3.8, 4) is 0 Å². The van der Waals surface area contributed by atoms with E-state index in [0.29, 0.717) is 15.6 Å².